The van der Waals surface area contributed by atoms with Crippen LogP contribution in [0.2, 0.25) is 0 Å². The molecule has 0 aliphatic carbocycles. The number of aliphatic hydroxyl groups excluding tert-OH is 1. The van der Waals surface area contributed by atoms with Gasteiger partial charge in [0.2, 0.25) is 0 Å². The van der Waals surface area contributed by atoms with Crippen molar-refractivity contribution in [3.63, 3.8) is 0 Å². The predicted octanol–water partition coefficient (Wildman–Crippen LogP) is 0.947. The van der Waals surface area contributed by atoms with Crippen LogP contribution in [0.1, 0.15) is 22.8 Å². The van der Waals surface area contributed by atoms with Crippen molar-refractivity contribution in [1.82, 2.24) is 9.80 Å². The van der Waals surface area contributed by atoms with E-state index >= 15 is 0 Å². The van der Waals surface area contributed by atoms with Gasteiger partial charge in [-0.15, -0.1) is 0 Å². The quantitative estimate of drug-likeness (QED) is 0.825. The lowest BCUT2D eigenvalue weighted by molar-refractivity contribution is 0.0639. The van der Waals surface area contributed by atoms with Gasteiger partial charge in [-0.05, 0) is 24.7 Å². The Kier molecular flexibility index (Phi) is 5.32. The topological polar surface area (TPSA) is 43.8 Å². The minimum Gasteiger partial charge on any atom is -0.384 e. The summed E-state index contributed by atoms with van der Waals surface area (Å²) in [6.07, 6.45) is 0. The number of aliphatic hydroxyl groups is 1. The van der Waals surface area contributed by atoms with Gasteiger partial charge in [-0.25, -0.2) is 4.39 Å². The van der Waals surface area contributed by atoms with Crippen LogP contribution in [0.4, 0.5) is 4.39 Å². The third-order valence-corrected chi connectivity index (χ3v) is 3.62. The van der Waals surface area contributed by atoms with Crippen LogP contribution in [0.15, 0.2) is 18.2 Å². The molecule has 5 heteroatoms. The van der Waals surface area contributed by atoms with E-state index < -0.39 is 5.82 Å². The highest BCUT2D eigenvalue weighted by atomic mass is 19.1. The Morgan fingerprint density at radius 1 is 1.33 bits per heavy atom. The van der Waals surface area contributed by atoms with Gasteiger partial charge >= 0.3 is 0 Å². The highest BCUT2D eigenvalue weighted by molar-refractivity contribution is 5.94. The van der Waals surface area contributed by atoms with Gasteiger partial charge < -0.3 is 14.9 Å². The van der Waals surface area contributed by atoms with Crippen LogP contribution in [-0.4, -0.2) is 60.1 Å². The molecule has 0 bridgehead atoms. The second kappa shape index (κ2) is 7.21. The summed E-state index contributed by atoms with van der Waals surface area (Å²) < 4.78 is 14.0. The van der Waals surface area contributed by atoms with Gasteiger partial charge in [0.05, 0.1) is 5.56 Å². The first-order valence-corrected chi connectivity index (χ1v) is 7.06. The van der Waals surface area contributed by atoms with Crippen LogP contribution < -0.4 is 0 Å². The number of nitrogens with zero attached hydrogens (tertiary/aromatic N) is 2. The molecule has 1 heterocycles. The summed E-state index contributed by atoms with van der Waals surface area (Å²) in [6.45, 7) is 5.67. The predicted molar refractivity (Wildman–Crippen MR) is 78.4 cm³/mol. The van der Waals surface area contributed by atoms with Crippen molar-refractivity contribution in [3.05, 3.63) is 35.1 Å². The SMILES string of the molecule is CCN1CCN(C(=O)c2ccc(C#CCO)cc2F)CC1. The number of halogens is 1. The fourth-order valence-corrected chi connectivity index (χ4v) is 2.35. The second-order valence-electron chi connectivity index (χ2n) is 4.88. The van der Waals surface area contributed by atoms with Crippen LogP contribution >= 0.6 is 0 Å². The summed E-state index contributed by atoms with van der Waals surface area (Å²) in [5, 5.41) is 8.62. The minimum absolute atomic E-state index is 0.0782. The van der Waals surface area contributed by atoms with E-state index in [4.69, 9.17) is 5.11 Å². The van der Waals surface area contributed by atoms with Crippen molar-refractivity contribution in [3.8, 4) is 11.8 Å². The molecule has 1 fully saturated rings. The van der Waals surface area contributed by atoms with Crippen molar-refractivity contribution in [2.24, 2.45) is 0 Å². The molecule has 1 amide bonds. The number of likely N-dealkylation sites (N-methyl/N-ethyl adjacent to an activating group) is 1. The molecule has 1 aromatic carbocycles. The van der Waals surface area contributed by atoms with Crippen LogP contribution in [0.25, 0.3) is 0 Å². The summed E-state index contributed by atoms with van der Waals surface area (Å²) in [5.41, 5.74) is 0.531. The molecule has 112 valence electrons. The maximum atomic E-state index is 14.0. The van der Waals surface area contributed by atoms with E-state index in [-0.39, 0.29) is 18.1 Å². The third-order valence-electron chi connectivity index (χ3n) is 3.62. The van der Waals surface area contributed by atoms with Gasteiger partial charge in [0.1, 0.15) is 12.4 Å². The maximum absolute atomic E-state index is 14.0. The molecule has 1 N–H and O–H groups in total. The monoisotopic (exact) mass is 290 g/mol. The van der Waals surface area contributed by atoms with E-state index in [9.17, 15) is 9.18 Å². The molecule has 0 saturated carbocycles. The molecule has 1 aliphatic heterocycles. The molecule has 0 aromatic heterocycles. The van der Waals surface area contributed by atoms with Crippen LogP contribution in [0.5, 0.6) is 0 Å². The number of hydrogen-bond donors (Lipinski definition) is 1. The lowest BCUT2D eigenvalue weighted by Gasteiger charge is -2.34. The van der Waals surface area contributed by atoms with E-state index in [1.165, 1.54) is 12.1 Å². The molecule has 1 aliphatic rings. The van der Waals surface area contributed by atoms with Crippen molar-refractivity contribution in [2.45, 2.75) is 6.92 Å². The van der Waals surface area contributed by atoms with E-state index in [0.29, 0.717) is 18.7 Å². The fraction of sp³-hybridized carbons (Fsp3) is 0.438. The Morgan fingerprint density at radius 3 is 2.62 bits per heavy atom. The first-order chi connectivity index (χ1) is 10.2. The molecule has 4 nitrogen and oxygen atoms in total. The average molecular weight is 290 g/mol. The van der Waals surface area contributed by atoms with Crippen molar-refractivity contribution < 1.29 is 14.3 Å². The summed E-state index contributed by atoms with van der Waals surface area (Å²) >= 11 is 0. The molecule has 1 saturated heterocycles. The number of benzene rings is 1. The van der Waals surface area contributed by atoms with Crippen LogP contribution in [0.3, 0.4) is 0 Å². The molecule has 0 radical (unpaired) electrons. The van der Waals surface area contributed by atoms with E-state index in [1.807, 2.05) is 0 Å². The van der Waals surface area contributed by atoms with Gasteiger partial charge in [-0.2, -0.15) is 0 Å². The summed E-state index contributed by atoms with van der Waals surface area (Å²) in [5.74, 6) is 4.24. The Hall–Kier alpha value is -1.90. The maximum Gasteiger partial charge on any atom is 0.256 e. The third kappa shape index (κ3) is 3.81. The summed E-state index contributed by atoms with van der Waals surface area (Å²) in [4.78, 5) is 16.3. The Labute approximate surface area is 124 Å². The van der Waals surface area contributed by atoms with E-state index in [2.05, 4.69) is 23.7 Å². The highest BCUT2D eigenvalue weighted by Gasteiger charge is 2.23. The highest BCUT2D eigenvalue weighted by Crippen LogP contribution is 2.14. The number of carbonyl (C=O) groups excluding carboxylic acids is 1. The Balaban J connectivity index is 2.09. The van der Waals surface area contributed by atoms with Gasteiger partial charge in [-0.3, -0.25) is 4.79 Å². The standard InChI is InChI=1S/C16H19FN2O2/c1-2-18-7-9-19(10-8-18)16(21)14-6-5-13(4-3-11-20)12-15(14)17/h5-6,12,20H,2,7-11H2,1H3. The zero-order valence-corrected chi connectivity index (χ0v) is 12.1. The lowest BCUT2D eigenvalue weighted by Crippen LogP contribution is -2.48. The first-order valence-electron chi connectivity index (χ1n) is 7.06. The molecule has 21 heavy (non-hydrogen) atoms. The van der Waals surface area contributed by atoms with E-state index in [1.54, 1.807) is 11.0 Å². The number of rotatable bonds is 2. The van der Waals surface area contributed by atoms with Gasteiger partial charge in [0.15, 0.2) is 0 Å². The van der Waals surface area contributed by atoms with Crippen molar-refractivity contribution in [2.75, 3.05) is 39.3 Å². The number of carbonyl (C=O) groups is 1. The minimum atomic E-state index is -0.567. The van der Waals surface area contributed by atoms with Crippen molar-refractivity contribution in [1.29, 1.82) is 0 Å². The second-order valence-corrected chi connectivity index (χ2v) is 4.88. The first kappa shape index (κ1) is 15.5. The average Bonchev–Trinajstić information content (AvgIpc) is 2.52. The molecule has 0 spiro atoms. The van der Waals surface area contributed by atoms with Gasteiger partial charge in [-0.1, -0.05) is 18.8 Å². The largest absolute Gasteiger partial charge is 0.384 e. The molecular weight excluding hydrogens is 271 g/mol. The van der Waals surface area contributed by atoms with Gasteiger partial charge in [0.25, 0.3) is 5.91 Å². The molecule has 0 atom stereocenters. The Morgan fingerprint density at radius 2 is 2.05 bits per heavy atom. The zero-order chi connectivity index (χ0) is 15.2. The van der Waals surface area contributed by atoms with Gasteiger partial charge in [0, 0.05) is 31.7 Å². The molecule has 2 rings (SSSR count). The lowest BCUT2D eigenvalue weighted by atomic mass is 10.1. The summed E-state index contributed by atoms with van der Waals surface area (Å²) in [6, 6.07) is 4.30. The fourth-order valence-electron chi connectivity index (χ4n) is 2.35. The summed E-state index contributed by atoms with van der Waals surface area (Å²) in [7, 11) is 0. The van der Waals surface area contributed by atoms with Crippen LogP contribution in [0, 0.1) is 17.7 Å². The molecular formula is C16H19FN2O2. The van der Waals surface area contributed by atoms with Crippen molar-refractivity contribution >= 4 is 5.91 Å². The molecule has 0 unspecified atom stereocenters. The zero-order valence-electron chi connectivity index (χ0n) is 12.1. The Bertz CT molecular complexity index is 569. The van der Waals surface area contributed by atoms with E-state index in [0.717, 1.165) is 19.6 Å². The smallest absolute Gasteiger partial charge is 0.256 e. The number of hydrogen-bond acceptors (Lipinski definition) is 3. The van der Waals surface area contributed by atoms with Crippen LogP contribution in [-0.2, 0) is 0 Å². The number of amides is 1. The normalized spacial score (nSPS) is 15.5. The number of piperazine rings is 1. The molecule has 1 aromatic rings.